The minimum Gasteiger partial charge on any atom is -0.496 e. The van der Waals surface area contributed by atoms with E-state index in [2.05, 4.69) is 0 Å². The number of carbonyl (C=O) groups excluding carboxylic acids is 2. The van der Waals surface area contributed by atoms with Gasteiger partial charge in [0.05, 0.1) is 14.2 Å². The summed E-state index contributed by atoms with van der Waals surface area (Å²) in [6.45, 7) is 0. The van der Waals surface area contributed by atoms with Gasteiger partial charge in [-0.1, -0.05) is 36.4 Å². The van der Waals surface area contributed by atoms with Crippen LogP contribution in [0.15, 0.2) is 60.7 Å². The van der Waals surface area contributed by atoms with E-state index in [9.17, 15) is 9.59 Å². The van der Waals surface area contributed by atoms with Gasteiger partial charge in [0.1, 0.15) is 11.5 Å². The van der Waals surface area contributed by atoms with Crippen molar-refractivity contribution in [2.24, 2.45) is 0 Å². The first-order valence-electron chi connectivity index (χ1n) is 7.52. The summed E-state index contributed by atoms with van der Waals surface area (Å²) in [7, 11) is 3.08. The van der Waals surface area contributed by atoms with Crippen molar-refractivity contribution < 1.29 is 23.8 Å². The molecule has 0 aliphatic rings. The van der Waals surface area contributed by atoms with Gasteiger partial charge in [-0.05, 0) is 24.3 Å². The van der Waals surface area contributed by atoms with Crippen LogP contribution in [0.4, 0.5) is 0 Å². The van der Waals surface area contributed by atoms with E-state index >= 15 is 0 Å². The van der Waals surface area contributed by atoms with Gasteiger partial charge in [0.25, 0.3) is 0 Å². The topological polar surface area (TPSA) is 61.8 Å². The van der Waals surface area contributed by atoms with Crippen molar-refractivity contribution in [3.63, 3.8) is 0 Å². The number of methoxy groups -OCH3 is 2. The number of carbonyl (C=O) groups is 2. The Morgan fingerprint density at radius 3 is 1.52 bits per heavy atom. The molecule has 0 saturated heterocycles. The Morgan fingerprint density at radius 1 is 0.720 bits per heavy atom. The lowest BCUT2D eigenvalue weighted by atomic mass is 10.2. The van der Waals surface area contributed by atoms with E-state index in [4.69, 9.17) is 14.2 Å². The zero-order chi connectivity index (χ0) is 18.1. The summed E-state index contributed by atoms with van der Waals surface area (Å²) in [4.78, 5) is 23.5. The van der Waals surface area contributed by atoms with E-state index in [1.165, 1.54) is 38.5 Å². The molecule has 2 aromatic carbocycles. The molecule has 0 N–H and O–H groups in total. The monoisotopic (exact) mass is 338 g/mol. The molecule has 2 aromatic rings. The van der Waals surface area contributed by atoms with Crippen molar-refractivity contribution in [3.05, 3.63) is 71.8 Å². The standard InChI is InChI=1S/C20H18O5/c1-23-17-9-5-3-7-15(17)11-13-19(21)25-20(22)14-12-16-8-4-6-10-18(16)24-2/h3-14H,1-2H3/b13-11+,14-12+. The molecule has 0 aliphatic carbocycles. The van der Waals surface area contributed by atoms with Crippen LogP contribution in [0.25, 0.3) is 12.2 Å². The molecule has 0 atom stereocenters. The molecule has 2 rings (SSSR count). The number of benzene rings is 2. The maximum absolute atomic E-state index is 11.7. The highest BCUT2D eigenvalue weighted by Crippen LogP contribution is 2.19. The molecule has 5 nitrogen and oxygen atoms in total. The molecular formula is C20H18O5. The highest BCUT2D eigenvalue weighted by atomic mass is 16.6. The predicted octanol–water partition coefficient (Wildman–Crippen LogP) is 3.50. The zero-order valence-electron chi connectivity index (χ0n) is 14.0. The van der Waals surface area contributed by atoms with Crippen LogP contribution in [-0.4, -0.2) is 26.2 Å². The van der Waals surface area contributed by atoms with Gasteiger partial charge in [-0.3, -0.25) is 0 Å². The first-order chi connectivity index (χ1) is 12.1. The molecule has 0 aromatic heterocycles. The summed E-state index contributed by atoms with van der Waals surface area (Å²) < 4.78 is 15.1. The van der Waals surface area contributed by atoms with Gasteiger partial charge in [-0.25, -0.2) is 9.59 Å². The van der Waals surface area contributed by atoms with Crippen LogP contribution in [0.3, 0.4) is 0 Å². The van der Waals surface area contributed by atoms with E-state index in [1.54, 1.807) is 24.3 Å². The van der Waals surface area contributed by atoms with Gasteiger partial charge in [-0.2, -0.15) is 0 Å². The first kappa shape index (κ1) is 18.0. The van der Waals surface area contributed by atoms with Crippen LogP contribution < -0.4 is 9.47 Å². The Hall–Kier alpha value is -3.34. The molecular weight excluding hydrogens is 320 g/mol. The molecule has 0 heterocycles. The Bertz CT molecular complexity index is 738. The summed E-state index contributed by atoms with van der Waals surface area (Å²) in [6.07, 6.45) is 5.40. The van der Waals surface area contributed by atoms with E-state index in [-0.39, 0.29) is 0 Å². The van der Waals surface area contributed by atoms with E-state index in [0.717, 1.165) is 0 Å². The lowest BCUT2D eigenvalue weighted by Crippen LogP contribution is -2.06. The first-order valence-corrected chi connectivity index (χ1v) is 7.52. The molecule has 0 aliphatic heterocycles. The molecule has 0 spiro atoms. The average Bonchev–Trinajstić information content (AvgIpc) is 2.65. The third kappa shape index (κ3) is 5.35. The van der Waals surface area contributed by atoms with Crippen LogP contribution in [-0.2, 0) is 14.3 Å². The summed E-state index contributed by atoms with van der Waals surface area (Å²) in [5.74, 6) is -0.288. The summed E-state index contributed by atoms with van der Waals surface area (Å²) >= 11 is 0. The highest BCUT2D eigenvalue weighted by Gasteiger charge is 2.05. The minimum absolute atomic E-state index is 0.619. The quantitative estimate of drug-likeness (QED) is 0.458. The van der Waals surface area contributed by atoms with Crippen molar-refractivity contribution in [3.8, 4) is 11.5 Å². The summed E-state index contributed by atoms with van der Waals surface area (Å²) in [6, 6.07) is 14.4. The summed E-state index contributed by atoms with van der Waals surface area (Å²) in [5, 5.41) is 0. The lowest BCUT2D eigenvalue weighted by molar-refractivity contribution is -0.152. The van der Waals surface area contributed by atoms with Gasteiger partial charge >= 0.3 is 11.9 Å². The van der Waals surface area contributed by atoms with Gasteiger partial charge in [-0.15, -0.1) is 0 Å². The van der Waals surface area contributed by atoms with Crippen LogP contribution in [0, 0.1) is 0 Å². The van der Waals surface area contributed by atoms with Crippen molar-refractivity contribution >= 4 is 24.1 Å². The van der Waals surface area contributed by atoms with Crippen LogP contribution in [0.5, 0.6) is 11.5 Å². The Balaban J connectivity index is 1.97. The number of rotatable bonds is 6. The third-order valence-electron chi connectivity index (χ3n) is 3.28. The fourth-order valence-corrected chi connectivity index (χ4v) is 2.09. The van der Waals surface area contributed by atoms with Crippen molar-refractivity contribution in [1.29, 1.82) is 0 Å². The molecule has 0 fully saturated rings. The second-order valence-electron chi connectivity index (χ2n) is 4.89. The van der Waals surface area contributed by atoms with Gasteiger partial charge < -0.3 is 14.2 Å². The van der Waals surface area contributed by atoms with Gasteiger partial charge in [0.2, 0.25) is 0 Å². The van der Waals surface area contributed by atoms with E-state index < -0.39 is 11.9 Å². The summed E-state index contributed by atoms with van der Waals surface area (Å²) in [5.41, 5.74) is 1.41. The fourth-order valence-electron chi connectivity index (χ4n) is 2.09. The number of hydrogen-bond donors (Lipinski definition) is 0. The molecule has 25 heavy (non-hydrogen) atoms. The van der Waals surface area contributed by atoms with E-state index in [1.807, 2.05) is 24.3 Å². The molecule has 5 heteroatoms. The zero-order valence-corrected chi connectivity index (χ0v) is 14.0. The largest absolute Gasteiger partial charge is 0.496 e. The van der Waals surface area contributed by atoms with Gasteiger partial charge in [0, 0.05) is 23.3 Å². The molecule has 0 saturated carbocycles. The average molecular weight is 338 g/mol. The highest BCUT2D eigenvalue weighted by molar-refractivity contribution is 6.00. The normalized spacial score (nSPS) is 10.8. The molecule has 128 valence electrons. The van der Waals surface area contributed by atoms with Crippen LogP contribution >= 0.6 is 0 Å². The number of ether oxygens (including phenoxy) is 3. The lowest BCUT2D eigenvalue weighted by Gasteiger charge is -2.03. The number of para-hydroxylation sites is 2. The smallest absolute Gasteiger partial charge is 0.338 e. The fraction of sp³-hybridized carbons (Fsp3) is 0.100. The molecule has 0 bridgehead atoms. The minimum atomic E-state index is -0.763. The predicted molar refractivity (Wildman–Crippen MR) is 95.2 cm³/mol. The van der Waals surface area contributed by atoms with Crippen LogP contribution in [0.2, 0.25) is 0 Å². The Labute approximate surface area is 146 Å². The molecule has 0 radical (unpaired) electrons. The second-order valence-corrected chi connectivity index (χ2v) is 4.89. The van der Waals surface area contributed by atoms with Crippen molar-refractivity contribution in [1.82, 2.24) is 0 Å². The SMILES string of the molecule is COc1ccccc1/C=C/C(=O)OC(=O)/C=C/c1ccccc1OC. The maximum Gasteiger partial charge on any atom is 0.338 e. The van der Waals surface area contributed by atoms with Gasteiger partial charge in [0.15, 0.2) is 0 Å². The maximum atomic E-state index is 11.7. The Morgan fingerprint density at radius 2 is 1.12 bits per heavy atom. The number of esters is 2. The third-order valence-corrected chi connectivity index (χ3v) is 3.28. The van der Waals surface area contributed by atoms with Crippen LogP contribution in [0.1, 0.15) is 11.1 Å². The van der Waals surface area contributed by atoms with Crippen molar-refractivity contribution in [2.75, 3.05) is 14.2 Å². The number of hydrogen-bond acceptors (Lipinski definition) is 5. The second kappa shape index (κ2) is 9.08. The Kier molecular flexibility index (Phi) is 6.54. The molecule has 0 unspecified atom stereocenters. The molecule has 0 amide bonds. The van der Waals surface area contributed by atoms with Crippen molar-refractivity contribution in [2.45, 2.75) is 0 Å². The van der Waals surface area contributed by atoms with E-state index in [0.29, 0.717) is 22.6 Å².